The Morgan fingerprint density at radius 1 is 0.414 bits per heavy atom. The summed E-state index contributed by atoms with van der Waals surface area (Å²) in [7, 11) is 0. The molecule has 0 spiro atoms. The van der Waals surface area contributed by atoms with Gasteiger partial charge in [0.1, 0.15) is 16.7 Å². The molecule has 2 heterocycles. The van der Waals surface area contributed by atoms with E-state index in [0.717, 1.165) is 94.7 Å². The first kappa shape index (κ1) is 41.5. The van der Waals surface area contributed by atoms with Crippen LogP contribution < -0.4 is 9.80 Å². The van der Waals surface area contributed by atoms with Gasteiger partial charge in [0.05, 0.1) is 22.2 Å². The largest absolute Gasteiger partial charge is 0.455 e. The number of furan rings is 2. The Morgan fingerprint density at radius 3 is 1.47 bits per heavy atom. The summed E-state index contributed by atoms with van der Waals surface area (Å²) in [5.41, 5.74) is 15.7. The van der Waals surface area contributed by atoms with E-state index in [1.807, 2.05) is 54.6 Å². The first-order valence-corrected chi connectivity index (χ1v) is 23.9. The van der Waals surface area contributed by atoms with Crippen molar-refractivity contribution in [1.82, 2.24) is 0 Å². The van der Waals surface area contributed by atoms with E-state index in [1.54, 1.807) is 0 Å². The molecule has 0 atom stereocenters. The van der Waals surface area contributed by atoms with Gasteiger partial charge in [0.15, 0.2) is 11.4 Å². The zero-order valence-electron chi connectivity index (χ0n) is 39.3. The summed E-state index contributed by atoms with van der Waals surface area (Å²) in [4.78, 5) is 4.45. The van der Waals surface area contributed by atoms with E-state index in [4.69, 9.17) is 8.83 Å². The molecular weight excluding hydrogens is 860 g/mol. The van der Waals surface area contributed by atoms with Gasteiger partial charge in [0.25, 0.3) is 0 Å². The highest BCUT2D eigenvalue weighted by atomic mass is 19.1. The van der Waals surface area contributed by atoms with Gasteiger partial charge in [-0.3, -0.25) is 0 Å². The van der Waals surface area contributed by atoms with Crippen LogP contribution in [0.5, 0.6) is 0 Å². The lowest BCUT2D eigenvalue weighted by Gasteiger charge is -2.36. The zero-order chi connectivity index (χ0) is 47.3. The van der Waals surface area contributed by atoms with Crippen molar-refractivity contribution in [2.24, 2.45) is 0 Å². The molecule has 0 unspecified atom stereocenters. The summed E-state index contributed by atoms with van der Waals surface area (Å²) in [6.45, 7) is 8.46. The molecule has 1 aliphatic rings. The summed E-state index contributed by atoms with van der Waals surface area (Å²) in [5, 5.41) is 3.36. The molecule has 0 saturated heterocycles. The van der Waals surface area contributed by atoms with E-state index < -0.39 is 5.41 Å². The fourth-order valence-corrected chi connectivity index (χ4v) is 11.5. The minimum absolute atomic E-state index is 0.334. The standard InChI is InChI=1S/C65H47FN2O2/c1-40-21-19-29-46(37-40)67(51-33-15-11-23-42(51)3)53-39-50-58(56-48-31-13-17-35-54(48)69-63(53)56)59-60(65(50,44-25-7-5-8-26-44)45-27-9-6-10-28-45)61(66)62(57-49-32-14-18-36-55(49)70-64(57)59)68(47-30-20-22-41(2)38-47)52-34-16-12-24-43(52)4/h5-39H,1-4H3. The van der Waals surface area contributed by atoms with Gasteiger partial charge in [-0.1, -0.05) is 158 Å². The maximum Gasteiger partial charge on any atom is 0.160 e. The molecule has 0 saturated carbocycles. The number of rotatable bonds is 8. The number of fused-ring (bicyclic) bond motifs is 11. The molecule has 0 bridgehead atoms. The van der Waals surface area contributed by atoms with E-state index >= 15 is 4.39 Å². The van der Waals surface area contributed by atoms with Gasteiger partial charge in [0, 0.05) is 55.6 Å². The van der Waals surface area contributed by atoms with Crippen LogP contribution in [0, 0.1) is 33.5 Å². The SMILES string of the molecule is Cc1cccc(N(c2ccccc2C)c2cc3c(c4c2oc2ccccc24)-c2c(c(F)c(N(c4cccc(C)c4)c4ccccc4C)c4c2oc2ccccc24)C3(c2ccccc2)c2ccccc2)c1. The Balaban J connectivity index is 1.30. The molecule has 0 fully saturated rings. The zero-order valence-corrected chi connectivity index (χ0v) is 39.3. The predicted molar refractivity (Wildman–Crippen MR) is 287 cm³/mol. The first-order valence-electron chi connectivity index (χ1n) is 23.9. The van der Waals surface area contributed by atoms with Crippen molar-refractivity contribution in [3.8, 4) is 11.1 Å². The van der Waals surface area contributed by atoms with E-state index in [-0.39, 0.29) is 5.82 Å². The van der Waals surface area contributed by atoms with Crippen LogP contribution in [0.25, 0.3) is 55.0 Å². The number of nitrogens with zero attached hydrogens (tertiary/aromatic N) is 2. The molecule has 0 aliphatic heterocycles. The summed E-state index contributed by atoms with van der Waals surface area (Å²) in [6.07, 6.45) is 0. The van der Waals surface area contributed by atoms with Crippen LogP contribution in [0.4, 0.5) is 38.5 Å². The Hall–Kier alpha value is -8.67. The number of halogens is 1. The van der Waals surface area contributed by atoms with Crippen LogP contribution in [0.1, 0.15) is 44.5 Å². The predicted octanol–water partition coefficient (Wildman–Crippen LogP) is 18.2. The number of anilines is 6. The topological polar surface area (TPSA) is 32.8 Å². The monoisotopic (exact) mass is 906 g/mol. The molecule has 13 rings (SSSR count). The average molecular weight is 907 g/mol. The Kier molecular flexibility index (Phi) is 9.47. The van der Waals surface area contributed by atoms with Crippen molar-refractivity contribution in [2.45, 2.75) is 33.1 Å². The molecule has 70 heavy (non-hydrogen) atoms. The van der Waals surface area contributed by atoms with Crippen LogP contribution in [0.15, 0.2) is 221 Å². The van der Waals surface area contributed by atoms with Gasteiger partial charge in [-0.15, -0.1) is 0 Å². The number of para-hydroxylation sites is 4. The molecule has 2 aromatic heterocycles. The van der Waals surface area contributed by atoms with Crippen molar-refractivity contribution >= 4 is 78.0 Å². The molecule has 336 valence electrons. The third kappa shape index (κ3) is 6.01. The van der Waals surface area contributed by atoms with E-state index in [0.29, 0.717) is 38.9 Å². The van der Waals surface area contributed by atoms with E-state index in [1.165, 1.54) is 0 Å². The van der Waals surface area contributed by atoms with Crippen molar-refractivity contribution in [1.29, 1.82) is 0 Å². The fourth-order valence-electron chi connectivity index (χ4n) is 11.5. The number of hydrogen-bond acceptors (Lipinski definition) is 4. The second kappa shape index (κ2) is 16.0. The molecule has 0 amide bonds. The summed E-state index contributed by atoms with van der Waals surface area (Å²) >= 11 is 0. The second-order valence-electron chi connectivity index (χ2n) is 18.7. The third-order valence-electron chi connectivity index (χ3n) is 14.5. The van der Waals surface area contributed by atoms with Gasteiger partial charge in [-0.2, -0.15) is 0 Å². The smallest absolute Gasteiger partial charge is 0.160 e. The summed E-state index contributed by atoms with van der Waals surface area (Å²) in [5.74, 6) is -0.334. The molecular formula is C65H47FN2O2. The normalized spacial score (nSPS) is 12.8. The molecule has 0 N–H and O–H groups in total. The summed E-state index contributed by atoms with van der Waals surface area (Å²) in [6, 6.07) is 73.3. The van der Waals surface area contributed by atoms with Crippen LogP contribution in [-0.2, 0) is 5.41 Å². The molecule has 4 nitrogen and oxygen atoms in total. The average Bonchev–Trinajstić information content (AvgIpc) is 4.06. The van der Waals surface area contributed by atoms with Gasteiger partial charge in [0.2, 0.25) is 0 Å². The van der Waals surface area contributed by atoms with Crippen molar-refractivity contribution in [3.63, 3.8) is 0 Å². The molecule has 10 aromatic carbocycles. The highest BCUT2D eigenvalue weighted by molar-refractivity contribution is 6.26. The number of hydrogen-bond donors (Lipinski definition) is 0. The van der Waals surface area contributed by atoms with Crippen LogP contribution in [0.2, 0.25) is 0 Å². The number of benzene rings is 10. The van der Waals surface area contributed by atoms with Crippen molar-refractivity contribution in [2.75, 3.05) is 9.80 Å². The van der Waals surface area contributed by atoms with Crippen molar-refractivity contribution < 1.29 is 13.2 Å². The van der Waals surface area contributed by atoms with Crippen molar-refractivity contribution in [3.05, 3.63) is 263 Å². The summed E-state index contributed by atoms with van der Waals surface area (Å²) < 4.78 is 35.0. The Labute approximate surface area is 406 Å². The molecule has 12 aromatic rings. The molecule has 1 aliphatic carbocycles. The van der Waals surface area contributed by atoms with Gasteiger partial charge < -0.3 is 18.6 Å². The van der Waals surface area contributed by atoms with E-state index in [2.05, 4.69) is 195 Å². The molecule has 0 radical (unpaired) electrons. The maximum atomic E-state index is 20.4. The minimum atomic E-state index is -1.23. The lowest BCUT2D eigenvalue weighted by molar-refractivity contribution is 0.588. The highest BCUT2D eigenvalue weighted by Crippen LogP contribution is 2.65. The second-order valence-corrected chi connectivity index (χ2v) is 18.7. The number of aryl methyl sites for hydroxylation is 4. The maximum absolute atomic E-state index is 20.4. The van der Waals surface area contributed by atoms with E-state index in [9.17, 15) is 0 Å². The van der Waals surface area contributed by atoms with Crippen LogP contribution in [-0.4, -0.2) is 0 Å². The Bertz CT molecular complexity index is 4000. The van der Waals surface area contributed by atoms with Gasteiger partial charge in [-0.05, 0) is 121 Å². The third-order valence-corrected chi connectivity index (χ3v) is 14.5. The lowest BCUT2D eigenvalue weighted by Crippen LogP contribution is -2.30. The molecule has 5 heteroatoms. The van der Waals surface area contributed by atoms with Gasteiger partial charge in [-0.25, -0.2) is 4.39 Å². The van der Waals surface area contributed by atoms with Gasteiger partial charge >= 0.3 is 0 Å². The highest BCUT2D eigenvalue weighted by Gasteiger charge is 2.53. The van der Waals surface area contributed by atoms with Crippen LogP contribution in [0.3, 0.4) is 0 Å². The van der Waals surface area contributed by atoms with Crippen LogP contribution >= 0.6 is 0 Å². The quantitative estimate of drug-likeness (QED) is 0.152. The first-order chi connectivity index (χ1) is 34.3. The lowest BCUT2D eigenvalue weighted by atomic mass is 9.67. The minimum Gasteiger partial charge on any atom is -0.455 e. The Morgan fingerprint density at radius 2 is 0.900 bits per heavy atom. The fraction of sp³-hybridized carbons (Fsp3) is 0.0769.